The molecule has 1 atom stereocenters. The number of hydrogen-bond donors (Lipinski definition) is 2. The Labute approximate surface area is 127 Å². The topological polar surface area (TPSA) is 75.4 Å². The van der Waals surface area contributed by atoms with Gasteiger partial charge in [-0.3, -0.25) is 14.5 Å². The minimum absolute atomic E-state index is 0.0154. The van der Waals surface area contributed by atoms with Crippen LogP contribution in [0.1, 0.15) is 58.3 Å². The molecular formula is C16H29N3O2. The van der Waals surface area contributed by atoms with Crippen LogP contribution in [0, 0.1) is 5.92 Å². The second-order valence-corrected chi connectivity index (χ2v) is 6.59. The van der Waals surface area contributed by atoms with E-state index in [4.69, 9.17) is 5.73 Å². The van der Waals surface area contributed by atoms with E-state index in [-0.39, 0.29) is 23.8 Å². The van der Waals surface area contributed by atoms with Crippen LogP contribution in [-0.4, -0.2) is 41.9 Å². The molecule has 0 aromatic carbocycles. The van der Waals surface area contributed by atoms with E-state index in [1.807, 2.05) is 6.92 Å². The van der Waals surface area contributed by atoms with Gasteiger partial charge in [-0.25, -0.2) is 0 Å². The fourth-order valence-corrected chi connectivity index (χ4v) is 3.48. The van der Waals surface area contributed by atoms with E-state index in [0.717, 1.165) is 38.8 Å². The van der Waals surface area contributed by atoms with Crippen LogP contribution in [0.3, 0.4) is 0 Å². The van der Waals surface area contributed by atoms with Gasteiger partial charge in [-0.15, -0.1) is 0 Å². The van der Waals surface area contributed by atoms with Gasteiger partial charge in [0.1, 0.15) is 0 Å². The monoisotopic (exact) mass is 295 g/mol. The molecule has 2 aliphatic rings. The normalized spacial score (nSPS) is 24.2. The van der Waals surface area contributed by atoms with Crippen molar-refractivity contribution in [2.75, 3.05) is 13.1 Å². The molecule has 2 rings (SSSR count). The smallest absolute Gasteiger partial charge is 0.237 e. The fourth-order valence-electron chi connectivity index (χ4n) is 3.48. The highest BCUT2D eigenvalue weighted by Gasteiger charge is 2.29. The van der Waals surface area contributed by atoms with Gasteiger partial charge < -0.3 is 11.1 Å². The van der Waals surface area contributed by atoms with E-state index in [1.165, 1.54) is 25.7 Å². The van der Waals surface area contributed by atoms with Crippen LogP contribution in [0.15, 0.2) is 0 Å². The first-order chi connectivity index (χ1) is 10.1. The number of nitrogens with one attached hydrogen (secondary N) is 1. The summed E-state index contributed by atoms with van der Waals surface area (Å²) >= 11 is 0. The van der Waals surface area contributed by atoms with Gasteiger partial charge in [0.25, 0.3) is 0 Å². The van der Waals surface area contributed by atoms with Gasteiger partial charge in [-0.2, -0.15) is 0 Å². The lowest BCUT2D eigenvalue weighted by atomic mass is 9.95. The van der Waals surface area contributed by atoms with Gasteiger partial charge >= 0.3 is 0 Å². The van der Waals surface area contributed by atoms with E-state index in [1.54, 1.807) is 0 Å². The number of carbonyl (C=O) groups excluding carboxylic acids is 2. The first kappa shape index (κ1) is 16.3. The summed E-state index contributed by atoms with van der Waals surface area (Å²) in [5, 5.41) is 3.22. The Morgan fingerprint density at radius 2 is 1.62 bits per heavy atom. The maximum atomic E-state index is 12.4. The molecule has 120 valence electrons. The molecule has 1 saturated carbocycles. The number of amides is 2. The Balaban J connectivity index is 1.78. The third-order valence-corrected chi connectivity index (χ3v) is 5.06. The minimum atomic E-state index is -0.204. The van der Waals surface area contributed by atoms with Gasteiger partial charge in [-0.1, -0.05) is 25.7 Å². The third-order valence-electron chi connectivity index (χ3n) is 5.06. The lowest BCUT2D eigenvalue weighted by Gasteiger charge is -2.34. The molecule has 0 aromatic rings. The van der Waals surface area contributed by atoms with Crippen LogP contribution in [0.5, 0.6) is 0 Å². The average Bonchev–Trinajstić information content (AvgIpc) is 2.75. The maximum absolute atomic E-state index is 12.4. The predicted octanol–water partition coefficient (Wildman–Crippen LogP) is 1.41. The molecule has 0 spiro atoms. The Hall–Kier alpha value is -1.10. The van der Waals surface area contributed by atoms with Crippen molar-refractivity contribution in [1.82, 2.24) is 10.2 Å². The van der Waals surface area contributed by atoms with Crippen LogP contribution in [0.2, 0.25) is 0 Å². The number of nitrogens with two attached hydrogens (primary N) is 1. The molecule has 3 N–H and O–H groups in total. The molecule has 0 bridgehead atoms. The number of likely N-dealkylation sites (tertiary alicyclic amines) is 1. The standard InChI is InChI=1S/C16H29N3O2/c1-12(19-10-8-13(9-11-19)15(17)20)16(21)18-14-6-4-2-3-5-7-14/h12-14H,2-11H2,1H3,(H2,17,20)(H,18,21). The molecule has 5 nitrogen and oxygen atoms in total. The summed E-state index contributed by atoms with van der Waals surface area (Å²) in [6.45, 7) is 3.54. The highest BCUT2D eigenvalue weighted by molar-refractivity contribution is 5.81. The summed E-state index contributed by atoms with van der Waals surface area (Å²) in [5.74, 6) is -0.0806. The second-order valence-electron chi connectivity index (χ2n) is 6.59. The molecule has 1 heterocycles. The quantitative estimate of drug-likeness (QED) is 0.770. The molecule has 1 aliphatic heterocycles. The van der Waals surface area contributed by atoms with Crippen molar-refractivity contribution >= 4 is 11.8 Å². The van der Waals surface area contributed by atoms with E-state index < -0.39 is 0 Å². The molecule has 0 aromatic heterocycles. The van der Waals surface area contributed by atoms with Gasteiger partial charge in [0.05, 0.1) is 6.04 Å². The molecule has 1 aliphatic carbocycles. The summed E-state index contributed by atoms with van der Waals surface area (Å²) in [4.78, 5) is 25.8. The molecule has 1 saturated heterocycles. The number of rotatable bonds is 4. The zero-order valence-corrected chi connectivity index (χ0v) is 13.1. The number of piperidine rings is 1. The summed E-state index contributed by atoms with van der Waals surface area (Å²) in [5.41, 5.74) is 5.35. The van der Waals surface area contributed by atoms with Gasteiger partial charge in [0.2, 0.25) is 11.8 Å². The first-order valence-corrected chi connectivity index (χ1v) is 8.41. The minimum Gasteiger partial charge on any atom is -0.369 e. The first-order valence-electron chi connectivity index (χ1n) is 8.41. The van der Waals surface area contributed by atoms with E-state index in [2.05, 4.69) is 10.2 Å². The largest absolute Gasteiger partial charge is 0.369 e. The number of hydrogen-bond acceptors (Lipinski definition) is 3. The maximum Gasteiger partial charge on any atom is 0.237 e. The van der Waals surface area contributed by atoms with Crippen molar-refractivity contribution in [3.63, 3.8) is 0 Å². The van der Waals surface area contributed by atoms with Crippen LogP contribution in [0.4, 0.5) is 0 Å². The molecule has 0 radical (unpaired) electrons. The van der Waals surface area contributed by atoms with Crippen molar-refractivity contribution < 1.29 is 9.59 Å². The summed E-state index contributed by atoms with van der Waals surface area (Å²) in [6.07, 6.45) is 8.81. The van der Waals surface area contributed by atoms with Crippen LogP contribution >= 0.6 is 0 Å². The Morgan fingerprint density at radius 1 is 1.05 bits per heavy atom. The number of nitrogens with zero attached hydrogens (tertiary/aromatic N) is 1. The SMILES string of the molecule is CC(C(=O)NC1CCCCCC1)N1CCC(C(N)=O)CC1. The van der Waals surface area contributed by atoms with Crippen molar-refractivity contribution in [2.24, 2.45) is 11.7 Å². The summed E-state index contributed by atoms with van der Waals surface area (Å²) in [6, 6.07) is 0.243. The summed E-state index contributed by atoms with van der Waals surface area (Å²) < 4.78 is 0. The van der Waals surface area contributed by atoms with Gasteiger partial charge in [0, 0.05) is 12.0 Å². The van der Waals surface area contributed by atoms with E-state index in [9.17, 15) is 9.59 Å². The van der Waals surface area contributed by atoms with E-state index >= 15 is 0 Å². The van der Waals surface area contributed by atoms with Crippen molar-refractivity contribution in [2.45, 2.75) is 70.4 Å². The molecular weight excluding hydrogens is 266 g/mol. The molecule has 1 unspecified atom stereocenters. The average molecular weight is 295 g/mol. The highest BCUT2D eigenvalue weighted by atomic mass is 16.2. The highest BCUT2D eigenvalue weighted by Crippen LogP contribution is 2.20. The van der Waals surface area contributed by atoms with Crippen LogP contribution in [0.25, 0.3) is 0 Å². The van der Waals surface area contributed by atoms with E-state index in [0.29, 0.717) is 6.04 Å². The van der Waals surface area contributed by atoms with Crippen molar-refractivity contribution in [3.05, 3.63) is 0 Å². The number of carbonyl (C=O) groups is 2. The Kier molecular flexibility index (Phi) is 6.03. The lowest BCUT2D eigenvalue weighted by molar-refractivity contribution is -0.128. The molecule has 21 heavy (non-hydrogen) atoms. The fraction of sp³-hybridized carbons (Fsp3) is 0.875. The lowest BCUT2D eigenvalue weighted by Crippen LogP contribution is -2.51. The van der Waals surface area contributed by atoms with Crippen molar-refractivity contribution in [1.29, 1.82) is 0 Å². The molecule has 2 amide bonds. The second kappa shape index (κ2) is 7.78. The zero-order chi connectivity index (χ0) is 15.2. The molecule has 5 heteroatoms. The van der Waals surface area contributed by atoms with Gasteiger partial charge in [-0.05, 0) is 45.7 Å². The molecule has 2 fully saturated rings. The summed E-state index contributed by atoms with van der Waals surface area (Å²) in [7, 11) is 0. The van der Waals surface area contributed by atoms with Crippen molar-refractivity contribution in [3.8, 4) is 0 Å². The predicted molar refractivity (Wildman–Crippen MR) is 82.6 cm³/mol. The Morgan fingerprint density at radius 3 is 2.14 bits per heavy atom. The van der Waals surface area contributed by atoms with Gasteiger partial charge in [0.15, 0.2) is 0 Å². The van der Waals surface area contributed by atoms with Crippen LogP contribution in [-0.2, 0) is 9.59 Å². The van der Waals surface area contributed by atoms with Crippen LogP contribution < -0.4 is 11.1 Å². The Bertz CT molecular complexity index is 357. The number of primary amides is 1. The zero-order valence-electron chi connectivity index (χ0n) is 13.1. The third kappa shape index (κ3) is 4.70.